The van der Waals surface area contributed by atoms with E-state index in [1.54, 1.807) is 11.8 Å². The van der Waals surface area contributed by atoms with Crippen molar-refractivity contribution in [2.45, 2.75) is 18.2 Å². The van der Waals surface area contributed by atoms with Crippen molar-refractivity contribution >= 4 is 23.4 Å². The van der Waals surface area contributed by atoms with Crippen molar-refractivity contribution in [1.29, 1.82) is 0 Å². The van der Waals surface area contributed by atoms with Crippen molar-refractivity contribution < 1.29 is 4.79 Å². The number of piperazine rings is 1. The molecular formula is C21H27N3OS. The highest BCUT2D eigenvalue weighted by Crippen LogP contribution is 2.18. The largest absolute Gasteiger partial charge is 0.398 e. The number of hydrogen-bond acceptors (Lipinski definition) is 4. The fraction of sp³-hybridized carbons (Fsp3) is 0.381. The summed E-state index contributed by atoms with van der Waals surface area (Å²) in [5.74, 6) is 0.0507. The molecule has 1 fully saturated rings. The van der Waals surface area contributed by atoms with E-state index in [1.165, 1.54) is 10.5 Å². The highest BCUT2D eigenvalue weighted by atomic mass is 32.2. The van der Waals surface area contributed by atoms with Gasteiger partial charge in [-0.3, -0.25) is 9.69 Å². The van der Waals surface area contributed by atoms with Crippen molar-refractivity contribution in [3.8, 4) is 0 Å². The van der Waals surface area contributed by atoms with Crippen molar-refractivity contribution in [1.82, 2.24) is 9.80 Å². The predicted molar refractivity (Wildman–Crippen MR) is 110 cm³/mol. The summed E-state index contributed by atoms with van der Waals surface area (Å²) >= 11 is 1.77. The van der Waals surface area contributed by atoms with Gasteiger partial charge in [0.05, 0.1) is 5.56 Å². The average molecular weight is 370 g/mol. The summed E-state index contributed by atoms with van der Waals surface area (Å²) < 4.78 is 0. The number of benzene rings is 2. The first-order chi connectivity index (χ1) is 12.6. The molecule has 5 heteroatoms. The molecule has 1 aliphatic rings. The minimum absolute atomic E-state index is 0.0507. The van der Waals surface area contributed by atoms with Crippen LogP contribution >= 0.6 is 11.8 Å². The lowest BCUT2D eigenvalue weighted by Gasteiger charge is -2.35. The van der Waals surface area contributed by atoms with Crippen molar-refractivity contribution in [3.05, 3.63) is 59.2 Å². The van der Waals surface area contributed by atoms with Gasteiger partial charge in [-0.05, 0) is 55.0 Å². The Morgan fingerprint density at radius 1 is 1.08 bits per heavy atom. The van der Waals surface area contributed by atoms with Gasteiger partial charge >= 0.3 is 0 Å². The van der Waals surface area contributed by atoms with Gasteiger partial charge in [0, 0.05) is 43.3 Å². The Balaban J connectivity index is 1.49. The lowest BCUT2D eigenvalue weighted by molar-refractivity contribution is 0.0639. The number of anilines is 1. The van der Waals surface area contributed by atoms with Gasteiger partial charge in [-0.15, -0.1) is 11.8 Å². The molecule has 1 heterocycles. The van der Waals surface area contributed by atoms with Gasteiger partial charge in [0.2, 0.25) is 0 Å². The molecule has 0 saturated carbocycles. The SMILES string of the molecule is CSc1ccc(CCN2CCN(C(=O)c3ccc(C)cc3N)CC2)cc1. The summed E-state index contributed by atoms with van der Waals surface area (Å²) in [6.07, 6.45) is 3.15. The third-order valence-corrected chi connectivity index (χ3v) is 5.72. The van der Waals surface area contributed by atoms with E-state index in [1.807, 2.05) is 30.0 Å². The fourth-order valence-electron chi connectivity index (χ4n) is 3.30. The Morgan fingerprint density at radius 2 is 1.77 bits per heavy atom. The molecule has 0 aromatic heterocycles. The maximum atomic E-state index is 12.7. The number of thioether (sulfide) groups is 1. The molecular weight excluding hydrogens is 342 g/mol. The number of carbonyl (C=O) groups excluding carboxylic acids is 1. The van der Waals surface area contributed by atoms with E-state index in [-0.39, 0.29) is 5.91 Å². The smallest absolute Gasteiger partial charge is 0.256 e. The van der Waals surface area contributed by atoms with Gasteiger partial charge in [-0.1, -0.05) is 18.2 Å². The lowest BCUT2D eigenvalue weighted by atomic mass is 10.1. The highest BCUT2D eigenvalue weighted by molar-refractivity contribution is 7.98. The van der Waals surface area contributed by atoms with Gasteiger partial charge in [-0.2, -0.15) is 0 Å². The van der Waals surface area contributed by atoms with Crippen molar-refractivity contribution in [2.24, 2.45) is 0 Å². The van der Waals surface area contributed by atoms with E-state index in [4.69, 9.17) is 5.73 Å². The predicted octanol–water partition coefficient (Wildman–Crippen LogP) is 3.30. The lowest BCUT2D eigenvalue weighted by Crippen LogP contribution is -2.49. The molecule has 0 aliphatic carbocycles. The summed E-state index contributed by atoms with van der Waals surface area (Å²) in [5, 5.41) is 0. The molecule has 0 bridgehead atoms. The van der Waals surface area contributed by atoms with Crippen LogP contribution in [-0.4, -0.2) is 54.7 Å². The summed E-state index contributed by atoms with van der Waals surface area (Å²) in [6, 6.07) is 14.5. The number of carbonyl (C=O) groups is 1. The number of nitrogens with zero attached hydrogens (tertiary/aromatic N) is 2. The molecule has 2 aromatic rings. The van der Waals surface area contributed by atoms with E-state index in [9.17, 15) is 4.79 Å². The molecule has 138 valence electrons. The topological polar surface area (TPSA) is 49.6 Å². The Hall–Kier alpha value is -1.98. The second-order valence-electron chi connectivity index (χ2n) is 6.82. The maximum absolute atomic E-state index is 12.7. The molecule has 2 N–H and O–H groups in total. The second kappa shape index (κ2) is 8.60. The van der Waals surface area contributed by atoms with Gasteiger partial charge in [0.15, 0.2) is 0 Å². The second-order valence-corrected chi connectivity index (χ2v) is 7.70. The molecule has 1 amide bonds. The standard InChI is InChI=1S/C21H27N3OS/c1-16-3-8-19(20(22)15-16)21(25)24-13-11-23(12-14-24)10-9-17-4-6-18(26-2)7-5-17/h3-8,15H,9-14,22H2,1-2H3. The van der Waals surface area contributed by atoms with Crippen LogP contribution in [0.25, 0.3) is 0 Å². The number of hydrogen-bond donors (Lipinski definition) is 1. The number of nitrogens with two attached hydrogens (primary N) is 1. The first-order valence-electron chi connectivity index (χ1n) is 9.07. The van der Waals surface area contributed by atoms with Crippen molar-refractivity contribution in [3.63, 3.8) is 0 Å². The van der Waals surface area contributed by atoms with E-state index in [2.05, 4.69) is 35.4 Å². The Kier molecular flexibility index (Phi) is 6.22. The van der Waals surface area contributed by atoms with Gasteiger partial charge in [0.1, 0.15) is 0 Å². The molecule has 4 nitrogen and oxygen atoms in total. The zero-order valence-electron chi connectivity index (χ0n) is 15.6. The van der Waals surface area contributed by atoms with Crippen LogP contribution < -0.4 is 5.73 Å². The van der Waals surface area contributed by atoms with Crippen LogP contribution in [0.5, 0.6) is 0 Å². The van der Waals surface area contributed by atoms with Gasteiger partial charge in [0.25, 0.3) is 5.91 Å². The van der Waals surface area contributed by atoms with Crippen LogP contribution in [0, 0.1) is 6.92 Å². The Morgan fingerprint density at radius 3 is 2.38 bits per heavy atom. The molecule has 1 aliphatic heterocycles. The Labute approximate surface area is 160 Å². The summed E-state index contributed by atoms with van der Waals surface area (Å²) in [5.41, 5.74) is 9.68. The normalized spacial score (nSPS) is 15.2. The molecule has 0 radical (unpaired) electrons. The van der Waals surface area contributed by atoms with Gasteiger partial charge < -0.3 is 10.6 Å². The molecule has 3 rings (SSSR count). The summed E-state index contributed by atoms with van der Waals surface area (Å²) in [7, 11) is 0. The summed E-state index contributed by atoms with van der Waals surface area (Å²) in [4.78, 5) is 18.4. The van der Waals surface area contributed by atoms with Gasteiger partial charge in [-0.25, -0.2) is 0 Å². The van der Waals surface area contributed by atoms with E-state index >= 15 is 0 Å². The van der Waals surface area contributed by atoms with E-state index in [0.29, 0.717) is 11.3 Å². The van der Waals surface area contributed by atoms with Crippen LogP contribution in [0.3, 0.4) is 0 Å². The fourth-order valence-corrected chi connectivity index (χ4v) is 3.71. The molecule has 26 heavy (non-hydrogen) atoms. The molecule has 1 saturated heterocycles. The Bertz CT molecular complexity index is 752. The van der Waals surface area contributed by atoms with Crippen LogP contribution in [0.15, 0.2) is 47.4 Å². The maximum Gasteiger partial charge on any atom is 0.256 e. The van der Waals surface area contributed by atoms with Crippen LogP contribution in [0.4, 0.5) is 5.69 Å². The minimum Gasteiger partial charge on any atom is -0.398 e. The number of aryl methyl sites for hydroxylation is 1. The number of amides is 1. The van der Waals surface area contributed by atoms with Crippen LogP contribution in [0.2, 0.25) is 0 Å². The first-order valence-corrected chi connectivity index (χ1v) is 10.3. The van der Waals surface area contributed by atoms with E-state index < -0.39 is 0 Å². The number of rotatable bonds is 5. The van der Waals surface area contributed by atoms with E-state index in [0.717, 1.165) is 44.7 Å². The monoisotopic (exact) mass is 369 g/mol. The third-order valence-electron chi connectivity index (χ3n) is 4.97. The van der Waals surface area contributed by atoms with Crippen LogP contribution in [0.1, 0.15) is 21.5 Å². The quantitative estimate of drug-likeness (QED) is 0.649. The highest BCUT2D eigenvalue weighted by Gasteiger charge is 2.23. The molecule has 0 unspecified atom stereocenters. The van der Waals surface area contributed by atoms with Crippen LogP contribution in [-0.2, 0) is 6.42 Å². The third kappa shape index (κ3) is 4.59. The van der Waals surface area contributed by atoms with Crippen molar-refractivity contribution in [2.75, 3.05) is 44.7 Å². The zero-order chi connectivity index (χ0) is 18.5. The first kappa shape index (κ1) is 18.8. The zero-order valence-corrected chi connectivity index (χ0v) is 16.4. The number of nitrogen functional groups attached to an aromatic ring is 1. The summed E-state index contributed by atoms with van der Waals surface area (Å²) in [6.45, 7) is 6.38. The molecule has 0 atom stereocenters. The average Bonchev–Trinajstić information content (AvgIpc) is 2.67. The minimum atomic E-state index is 0.0507. The molecule has 0 spiro atoms. The molecule has 2 aromatic carbocycles.